The Morgan fingerprint density at radius 2 is 1.81 bits per heavy atom. The second-order valence-electron chi connectivity index (χ2n) is 3.62. The topological polar surface area (TPSA) is 38.0 Å². The zero-order chi connectivity index (χ0) is 12.2. The van der Waals surface area contributed by atoms with Gasteiger partial charge in [0, 0.05) is 18.3 Å². The van der Waals surface area contributed by atoms with E-state index in [9.17, 15) is 13.2 Å². The lowest BCUT2D eigenvalue weighted by Gasteiger charge is -2.12. The first-order valence-electron chi connectivity index (χ1n) is 5.10. The maximum Gasteiger partial charge on any atom is 0.416 e. The highest BCUT2D eigenvalue weighted by atomic mass is 19.4. The number of alkyl halides is 3. The van der Waals surface area contributed by atoms with Crippen LogP contribution < -0.4 is 11.1 Å². The highest BCUT2D eigenvalue weighted by molar-refractivity contribution is 5.45. The highest BCUT2D eigenvalue weighted by Crippen LogP contribution is 2.29. The lowest BCUT2D eigenvalue weighted by Crippen LogP contribution is -2.27. The van der Waals surface area contributed by atoms with E-state index in [1.54, 1.807) is 0 Å². The fourth-order valence-corrected chi connectivity index (χ4v) is 1.17. The summed E-state index contributed by atoms with van der Waals surface area (Å²) in [6, 6.07) is 4.94. The zero-order valence-electron chi connectivity index (χ0n) is 9.01. The molecule has 90 valence electrons. The molecule has 0 aliphatic carbocycles. The molecule has 0 aliphatic rings. The predicted octanol–water partition coefficient (Wildman–Crippen LogP) is 2.85. The first-order valence-corrected chi connectivity index (χ1v) is 5.10. The van der Waals surface area contributed by atoms with Gasteiger partial charge in [0.25, 0.3) is 0 Å². The van der Waals surface area contributed by atoms with Gasteiger partial charge >= 0.3 is 6.18 Å². The van der Waals surface area contributed by atoms with Crippen molar-refractivity contribution in [1.29, 1.82) is 0 Å². The van der Waals surface area contributed by atoms with E-state index >= 15 is 0 Å². The number of anilines is 1. The van der Waals surface area contributed by atoms with Crippen LogP contribution in [0, 0.1) is 0 Å². The van der Waals surface area contributed by atoms with Gasteiger partial charge in [-0.1, -0.05) is 6.92 Å². The van der Waals surface area contributed by atoms with Crippen molar-refractivity contribution in [3.63, 3.8) is 0 Å². The third kappa shape index (κ3) is 3.73. The molecule has 0 saturated carbocycles. The molecule has 1 unspecified atom stereocenters. The Morgan fingerprint density at radius 3 is 2.25 bits per heavy atom. The number of rotatable bonds is 4. The first-order chi connectivity index (χ1) is 7.43. The monoisotopic (exact) mass is 232 g/mol. The van der Waals surface area contributed by atoms with Crippen LogP contribution in [0.3, 0.4) is 0 Å². The molecular formula is C11H15F3N2. The van der Waals surface area contributed by atoms with Crippen LogP contribution in [0.2, 0.25) is 0 Å². The predicted molar refractivity (Wildman–Crippen MR) is 58.2 cm³/mol. The molecule has 1 rings (SSSR count). The summed E-state index contributed by atoms with van der Waals surface area (Å²) in [5, 5.41) is 2.98. The van der Waals surface area contributed by atoms with E-state index in [1.807, 2.05) is 6.92 Å². The van der Waals surface area contributed by atoms with Crippen molar-refractivity contribution >= 4 is 5.69 Å². The van der Waals surface area contributed by atoms with Gasteiger partial charge in [-0.25, -0.2) is 0 Å². The van der Waals surface area contributed by atoms with E-state index in [2.05, 4.69) is 5.32 Å². The van der Waals surface area contributed by atoms with E-state index in [0.29, 0.717) is 12.2 Å². The van der Waals surface area contributed by atoms with Crippen molar-refractivity contribution in [3.05, 3.63) is 29.8 Å². The Morgan fingerprint density at radius 1 is 1.25 bits per heavy atom. The molecule has 2 nitrogen and oxygen atoms in total. The standard InChI is InChI=1S/C11H15F3N2/c1-2-9(15)7-16-10-5-3-8(4-6-10)11(12,13)14/h3-6,9,16H,2,7,15H2,1H3. The minimum absolute atomic E-state index is 0.0160. The third-order valence-electron chi connectivity index (χ3n) is 2.30. The van der Waals surface area contributed by atoms with E-state index in [0.717, 1.165) is 18.6 Å². The zero-order valence-corrected chi connectivity index (χ0v) is 9.01. The lowest BCUT2D eigenvalue weighted by molar-refractivity contribution is -0.137. The number of halogens is 3. The molecule has 3 N–H and O–H groups in total. The molecule has 0 bridgehead atoms. The minimum atomic E-state index is -4.28. The van der Waals surface area contributed by atoms with E-state index in [4.69, 9.17) is 5.73 Å². The van der Waals surface area contributed by atoms with Crippen LogP contribution in [-0.4, -0.2) is 12.6 Å². The molecule has 0 aromatic heterocycles. The largest absolute Gasteiger partial charge is 0.416 e. The first kappa shape index (κ1) is 12.8. The molecule has 1 aromatic rings. The van der Waals surface area contributed by atoms with Gasteiger partial charge in [0.2, 0.25) is 0 Å². The summed E-state index contributed by atoms with van der Waals surface area (Å²) in [5.41, 5.74) is 5.69. The summed E-state index contributed by atoms with van der Waals surface area (Å²) in [7, 11) is 0. The average molecular weight is 232 g/mol. The second kappa shape index (κ2) is 5.21. The lowest BCUT2D eigenvalue weighted by atomic mass is 10.2. The molecule has 0 heterocycles. The van der Waals surface area contributed by atoms with Gasteiger partial charge in [0.1, 0.15) is 0 Å². The Hall–Kier alpha value is -1.23. The SMILES string of the molecule is CCC(N)CNc1ccc(C(F)(F)F)cc1. The summed E-state index contributed by atoms with van der Waals surface area (Å²) in [6.45, 7) is 2.51. The molecule has 16 heavy (non-hydrogen) atoms. The van der Waals surface area contributed by atoms with Crippen molar-refractivity contribution in [2.24, 2.45) is 5.73 Å². The normalized spacial score (nSPS) is 13.6. The van der Waals surface area contributed by atoms with Crippen LogP contribution in [-0.2, 0) is 6.18 Å². The van der Waals surface area contributed by atoms with Crippen LogP contribution in [0.1, 0.15) is 18.9 Å². The van der Waals surface area contributed by atoms with Crippen molar-refractivity contribution in [1.82, 2.24) is 0 Å². The fraction of sp³-hybridized carbons (Fsp3) is 0.455. The van der Waals surface area contributed by atoms with Gasteiger partial charge in [-0.15, -0.1) is 0 Å². The van der Waals surface area contributed by atoms with Gasteiger partial charge in [0.05, 0.1) is 5.56 Å². The molecule has 0 amide bonds. The van der Waals surface area contributed by atoms with Crippen LogP contribution in [0.15, 0.2) is 24.3 Å². The van der Waals surface area contributed by atoms with E-state index in [1.165, 1.54) is 12.1 Å². The van der Waals surface area contributed by atoms with Crippen molar-refractivity contribution < 1.29 is 13.2 Å². The van der Waals surface area contributed by atoms with Gasteiger partial charge in [-0.2, -0.15) is 13.2 Å². The quantitative estimate of drug-likeness (QED) is 0.837. The molecule has 0 radical (unpaired) electrons. The molecule has 0 saturated heterocycles. The molecule has 1 aromatic carbocycles. The van der Waals surface area contributed by atoms with Gasteiger partial charge < -0.3 is 11.1 Å². The van der Waals surface area contributed by atoms with E-state index in [-0.39, 0.29) is 6.04 Å². The molecule has 0 aliphatic heterocycles. The van der Waals surface area contributed by atoms with Crippen molar-refractivity contribution in [3.8, 4) is 0 Å². The van der Waals surface area contributed by atoms with E-state index < -0.39 is 11.7 Å². The summed E-state index contributed by atoms with van der Waals surface area (Å²) in [4.78, 5) is 0. The van der Waals surface area contributed by atoms with Crippen LogP contribution in [0.5, 0.6) is 0 Å². The van der Waals surface area contributed by atoms with Gasteiger partial charge in [-0.05, 0) is 30.7 Å². The van der Waals surface area contributed by atoms with Crippen LogP contribution in [0.4, 0.5) is 18.9 Å². The summed E-state index contributed by atoms with van der Waals surface area (Å²) in [6.07, 6.45) is -3.45. The number of nitrogens with one attached hydrogen (secondary N) is 1. The number of hydrogen-bond donors (Lipinski definition) is 2. The number of benzene rings is 1. The Labute approximate surface area is 92.6 Å². The summed E-state index contributed by atoms with van der Waals surface area (Å²) >= 11 is 0. The fourth-order valence-electron chi connectivity index (χ4n) is 1.17. The summed E-state index contributed by atoms with van der Waals surface area (Å²) < 4.78 is 36.7. The highest BCUT2D eigenvalue weighted by Gasteiger charge is 2.29. The Balaban J connectivity index is 2.58. The van der Waals surface area contributed by atoms with Crippen LogP contribution >= 0.6 is 0 Å². The van der Waals surface area contributed by atoms with Gasteiger partial charge in [-0.3, -0.25) is 0 Å². The maximum atomic E-state index is 12.2. The number of nitrogens with two attached hydrogens (primary N) is 1. The van der Waals surface area contributed by atoms with Crippen molar-refractivity contribution in [2.45, 2.75) is 25.6 Å². The van der Waals surface area contributed by atoms with Crippen molar-refractivity contribution in [2.75, 3.05) is 11.9 Å². The average Bonchev–Trinajstić information content (AvgIpc) is 2.25. The minimum Gasteiger partial charge on any atom is -0.383 e. The Kier molecular flexibility index (Phi) is 4.18. The molecule has 0 fully saturated rings. The molecule has 0 spiro atoms. The van der Waals surface area contributed by atoms with Crippen LogP contribution in [0.25, 0.3) is 0 Å². The maximum absolute atomic E-state index is 12.2. The summed E-state index contributed by atoms with van der Waals surface area (Å²) in [5.74, 6) is 0. The molecule has 1 atom stereocenters. The Bertz CT molecular complexity index is 319. The molecule has 5 heteroatoms. The third-order valence-corrected chi connectivity index (χ3v) is 2.30. The number of hydrogen-bond acceptors (Lipinski definition) is 2. The molecular weight excluding hydrogens is 217 g/mol. The smallest absolute Gasteiger partial charge is 0.383 e. The second-order valence-corrected chi connectivity index (χ2v) is 3.62. The van der Waals surface area contributed by atoms with Gasteiger partial charge in [0.15, 0.2) is 0 Å².